The van der Waals surface area contributed by atoms with Gasteiger partial charge in [0.2, 0.25) is 0 Å². The van der Waals surface area contributed by atoms with E-state index in [4.69, 9.17) is 16.3 Å². The Morgan fingerprint density at radius 2 is 1.90 bits per heavy atom. The maximum atomic E-state index is 13.9. The zero-order chi connectivity index (χ0) is 15.4. The van der Waals surface area contributed by atoms with Crippen LogP contribution in [-0.2, 0) is 0 Å². The van der Waals surface area contributed by atoms with Gasteiger partial charge >= 0.3 is 0 Å². The first kappa shape index (κ1) is 16.3. The van der Waals surface area contributed by atoms with Crippen LogP contribution in [0.4, 0.5) is 4.39 Å². The molecule has 0 fully saturated rings. The Bertz CT molecular complexity index is 636. The molecule has 2 rings (SSSR count). The van der Waals surface area contributed by atoms with Crippen LogP contribution in [0.25, 0.3) is 0 Å². The largest absolute Gasteiger partial charge is 0.494 e. The summed E-state index contributed by atoms with van der Waals surface area (Å²) in [5, 5.41) is 3.97. The molecule has 2 nitrogen and oxygen atoms in total. The Balaban J connectivity index is 2.42. The van der Waals surface area contributed by atoms with E-state index < -0.39 is 0 Å². The molecule has 2 aromatic rings. The first-order valence-corrected chi connectivity index (χ1v) is 7.75. The van der Waals surface area contributed by atoms with Gasteiger partial charge in [-0.15, -0.1) is 0 Å². The van der Waals surface area contributed by atoms with Gasteiger partial charge in [0.05, 0.1) is 18.2 Å². The summed E-state index contributed by atoms with van der Waals surface area (Å²) in [4.78, 5) is 0. The van der Waals surface area contributed by atoms with E-state index in [-0.39, 0.29) is 17.6 Å². The lowest BCUT2D eigenvalue weighted by Gasteiger charge is -2.20. The number of benzene rings is 2. The van der Waals surface area contributed by atoms with Gasteiger partial charge in [0.1, 0.15) is 0 Å². The molecule has 0 amide bonds. The second-order valence-corrected chi connectivity index (χ2v) is 5.82. The number of nitrogens with one attached hydrogen (secondary N) is 1. The van der Waals surface area contributed by atoms with Crippen LogP contribution in [0.2, 0.25) is 5.02 Å². The second kappa shape index (κ2) is 7.25. The van der Waals surface area contributed by atoms with Crippen molar-refractivity contribution in [3.05, 3.63) is 62.8 Å². The van der Waals surface area contributed by atoms with Crippen molar-refractivity contribution >= 4 is 27.5 Å². The number of hydrogen-bond donors (Lipinski definition) is 1. The molecular weight excluding hydrogens is 357 g/mol. The zero-order valence-electron chi connectivity index (χ0n) is 11.8. The van der Waals surface area contributed by atoms with Gasteiger partial charge < -0.3 is 10.1 Å². The Hall–Kier alpha value is -1.10. The van der Waals surface area contributed by atoms with Crippen LogP contribution in [0.1, 0.15) is 24.1 Å². The van der Waals surface area contributed by atoms with E-state index in [0.29, 0.717) is 5.02 Å². The molecule has 1 atom stereocenters. The summed E-state index contributed by atoms with van der Waals surface area (Å²) in [7, 11) is 1.45. The van der Waals surface area contributed by atoms with E-state index in [1.165, 1.54) is 13.2 Å². The third kappa shape index (κ3) is 3.76. The third-order valence-electron chi connectivity index (χ3n) is 3.19. The lowest BCUT2D eigenvalue weighted by molar-refractivity contribution is 0.385. The third-order valence-corrected chi connectivity index (χ3v) is 4.43. The van der Waals surface area contributed by atoms with Gasteiger partial charge in [-0.2, -0.15) is 0 Å². The highest BCUT2D eigenvalue weighted by molar-refractivity contribution is 9.10. The maximum Gasteiger partial charge on any atom is 0.165 e. The van der Waals surface area contributed by atoms with Crippen molar-refractivity contribution in [3.8, 4) is 5.75 Å². The minimum absolute atomic E-state index is 0.124. The van der Waals surface area contributed by atoms with E-state index >= 15 is 0 Å². The van der Waals surface area contributed by atoms with E-state index in [2.05, 4.69) is 21.2 Å². The molecule has 1 unspecified atom stereocenters. The molecular formula is C16H16BrClFNO. The van der Waals surface area contributed by atoms with Crippen LogP contribution in [-0.4, -0.2) is 13.7 Å². The van der Waals surface area contributed by atoms with Gasteiger partial charge in [-0.3, -0.25) is 0 Å². The van der Waals surface area contributed by atoms with Crippen molar-refractivity contribution in [3.63, 3.8) is 0 Å². The van der Waals surface area contributed by atoms with Crippen molar-refractivity contribution in [2.75, 3.05) is 13.7 Å². The highest BCUT2D eigenvalue weighted by atomic mass is 79.9. The highest BCUT2D eigenvalue weighted by Gasteiger charge is 2.16. The Morgan fingerprint density at radius 1 is 1.24 bits per heavy atom. The molecule has 0 heterocycles. The summed E-state index contributed by atoms with van der Waals surface area (Å²) in [6.07, 6.45) is 0. The molecule has 0 radical (unpaired) electrons. The topological polar surface area (TPSA) is 21.3 Å². The Kier molecular flexibility index (Phi) is 5.62. The molecule has 21 heavy (non-hydrogen) atoms. The van der Waals surface area contributed by atoms with Gasteiger partial charge in [-0.25, -0.2) is 4.39 Å². The molecule has 0 aliphatic carbocycles. The molecule has 0 bridgehead atoms. The van der Waals surface area contributed by atoms with Crippen molar-refractivity contribution in [1.82, 2.24) is 5.32 Å². The van der Waals surface area contributed by atoms with Crippen LogP contribution < -0.4 is 10.1 Å². The summed E-state index contributed by atoms with van der Waals surface area (Å²) < 4.78 is 19.7. The minimum atomic E-state index is -0.374. The maximum absolute atomic E-state index is 13.9. The van der Waals surface area contributed by atoms with Gasteiger partial charge in [-0.1, -0.05) is 30.7 Å². The molecule has 0 saturated carbocycles. The Morgan fingerprint density at radius 3 is 2.48 bits per heavy atom. The molecule has 0 saturated heterocycles. The summed E-state index contributed by atoms with van der Waals surface area (Å²) in [5.74, 6) is -0.135. The number of methoxy groups -OCH3 is 1. The SMILES string of the molecule is CCNC(c1ccc(OC)c(F)c1)c1ccc(Br)c(Cl)c1. The summed E-state index contributed by atoms with van der Waals surface area (Å²) in [5.41, 5.74) is 1.81. The predicted molar refractivity (Wildman–Crippen MR) is 87.6 cm³/mol. The molecule has 0 aliphatic heterocycles. The molecule has 0 spiro atoms. The number of ether oxygens (including phenoxy) is 1. The standard InChI is InChI=1S/C16H16BrClFNO/c1-3-20-16(10-4-6-12(17)13(18)8-10)11-5-7-15(21-2)14(19)9-11/h4-9,16,20H,3H2,1-2H3. The normalized spacial score (nSPS) is 12.2. The van der Waals surface area contributed by atoms with Gasteiger partial charge in [-0.05, 0) is 57.9 Å². The van der Waals surface area contributed by atoms with Crippen LogP contribution in [0.15, 0.2) is 40.9 Å². The summed E-state index contributed by atoms with van der Waals surface area (Å²) in [6.45, 7) is 2.76. The second-order valence-electron chi connectivity index (χ2n) is 4.56. The quantitative estimate of drug-likeness (QED) is 0.802. The average Bonchev–Trinajstić information content (AvgIpc) is 2.48. The highest BCUT2D eigenvalue weighted by Crippen LogP contribution is 2.30. The van der Waals surface area contributed by atoms with Crippen molar-refractivity contribution in [2.24, 2.45) is 0 Å². The average molecular weight is 373 g/mol. The van der Waals surface area contributed by atoms with Gasteiger partial charge in [0.15, 0.2) is 11.6 Å². The first-order valence-electron chi connectivity index (χ1n) is 6.58. The lowest BCUT2D eigenvalue weighted by atomic mass is 9.98. The minimum Gasteiger partial charge on any atom is -0.494 e. The predicted octanol–water partition coefficient (Wildman–Crippen LogP) is 4.95. The summed E-state index contributed by atoms with van der Waals surface area (Å²) in [6, 6.07) is 10.6. The lowest BCUT2D eigenvalue weighted by Crippen LogP contribution is -2.22. The fraction of sp³-hybridized carbons (Fsp3) is 0.250. The van der Waals surface area contributed by atoms with Crippen molar-refractivity contribution < 1.29 is 9.13 Å². The first-order chi connectivity index (χ1) is 10.1. The molecule has 5 heteroatoms. The van der Waals surface area contributed by atoms with Crippen LogP contribution in [0.3, 0.4) is 0 Å². The molecule has 0 aromatic heterocycles. The Labute approximate surface area is 137 Å². The van der Waals surface area contributed by atoms with E-state index in [1.807, 2.05) is 31.2 Å². The monoisotopic (exact) mass is 371 g/mol. The fourth-order valence-corrected chi connectivity index (χ4v) is 2.62. The molecule has 0 aliphatic rings. The number of halogens is 3. The van der Waals surface area contributed by atoms with Crippen LogP contribution in [0, 0.1) is 5.82 Å². The van der Waals surface area contributed by atoms with Crippen molar-refractivity contribution in [2.45, 2.75) is 13.0 Å². The molecule has 2 aromatic carbocycles. The fourth-order valence-electron chi connectivity index (χ4n) is 2.19. The van der Waals surface area contributed by atoms with E-state index in [0.717, 1.165) is 22.1 Å². The smallest absolute Gasteiger partial charge is 0.165 e. The van der Waals surface area contributed by atoms with E-state index in [9.17, 15) is 4.39 Å². The van der Waals surface area contributed by atoms with Crippen LogP contribution in [0.5, 0.6) is 5.75 Å². The van der Waals surface area contributed by atoms with Gasteiger partial charge in [0, 0.05) is 4.47 Å². The zero-order valence-corrected chi connectivity index (χ0v) is 14.1. The van der Waals surface area contributed by atoms with Crippen LogP contribution >= 0.6 is 27.5 Å². The summed E-state index contributed by atoms with van der Waals surface area (Å²) >= 11 is 9.53. The van der Waals surface area contributed by atoms with Gasteiger partial charge in [0.25, 0.3) is 0 Å². The number of rotatable bonds is 5. The van der Waals surface area contributed by atoms with Crippen molar-refractivity contribution in [1.29, 1.82) is 0 Å². The molecule has 1 N–H and O–H groups in total. The van der Waals surface area contributed by atoms with E-state index in [1.54, 1.807) is 6.07 Å². The number of hydrogen-bond acceptors (Lipinski definition) is 2. The molecule has 112 valence electrons.